The quantitative estimate of drug-likeness (QED) is 0.615. The molecule has 1 fully saturated rings. The molecule has 10 heteroatoms. The van der Waals surface area contributed by atoms with Crippen LogP contribution in [0.3, 0.4) is 0 Å². The van der Waals surface area contributed by atoms with Crippen LogP contribution in [0.25, 0.3) is 5.65 Å². The first-order valence-electron chi connectivity index (χ1n) is 11.0. The molecule has 3 aromatic rings. The highest BCUT2D eigenvalue weighted by molar-refractivity contribution is 7.89. The molecule has 0 unspecified atom stereocenters. The van der Waals surface area contributed by atoms with Crippen LogP contribution in [0.5, 0.6) is 0 Å². The number of hydrogen-bond acceptors (Lipinski definition) is 5. The van der Waals surface area contributed by atoms with Crippen LogP contribution >= 0.6 is 0 Å². The van der Waals surface area contributed by atoms with Gasteiger partial charge in [-0.25, -0.2) is 8.42 Å². The zero-order valence-electron chi connectivity index (χ0n) is 19.3. The lowest BCUT2D eigenvalue weighted by Gasteiger charge is -2.34. The fourth-order valence-corrected chi connectivity index (χ4v) is 6.23. The van der Waals surface area contributed by atoms with Gasteiger partial charge in [0.2, 0.25) is 15.9 Å². The number of sulfonamides is 1. The molecule has 176 valence electrons. The van der Waals surface area contributed by atoms with E-state index in [9.17, 15) is 18.0 Å². The summed E-state index contributed by atoms with van der Waals surface area (Å²) in [5, 5.41) is 6.98. The zero-order chi connectivity index (χ0) is 23.9. The summed E-state index contributed by atoms with van der Waals surface area (Å²) in [4.78, 5) is 25.1. The average Bonchev–Trinajstić information content (AvgIpc) is 3.13. The minimum absolute atomic E-state index is 0.00957. The number of carbonyl (C=O) groups is 1. The van der Waals surface area contributed by atoms with Gasteiger partial charge in [0.15, 0.2) is 0 Å². The second kappa shape index (κ2) is 8.75. The average molecular weight is 472 g/mol. The monoisotopic (exact) mass is 471 g/mol. The lowest BCUT2D eigenvalue weighted by Crippen LogP contribution is -2.42. The Morgan fingerprint density at radius 3 is 2.36 bits per heavy atom. The van der Waals surface area contributed by atoms with Gasteiger partial charge >= 0.3 is 0 Å². The molecule has 0 saturated carbocycles. The van der Waals surface area contributed by atoms with E-state index in [4.69, 9.17) is 0 Å². The second-order valence-corrected chi connectivity index (χ2v) is 11.0. The Kier molecular flexibility index (Phi) is 6.15. The van der Waals surface area contributed by atoms with Gasteiger partial charge in [-0.15, -0.1) is 0 Å². The Labute approximate surface area is 193 Å². The predicted octanol–water partition coefficient (Wildman–Crippen LogP) is 2.42. The SMILES string of the molecule is Cc1cc2n(CC(=O)Nc3ccc(S(=O)(=O)N4C[C@H](C)C[C@H](C)C4)cc3)c(C)cc(=O)n2n1. The molecule has 2 atom stereocenters. The zero-order valence-corrected chi connectivity index (χ0v) is 20.1. The summed E-state index contributed by atoms with van der Waals surface area (Å²) in [6, 6.07) is 9.44. The van der Waals surface area contributed by atoms with Crippen LogP contribution in [0, 0.1) is 25.7 Å². The highest BCUT2D eigenvalue weighted by atomic mass is 32.2. The molecule has 2 aromatic heterocycles. The number of anilines is 1. The number of benzene rings is 1. The molecule has 9 nitrogen and oxygen atoms in total. The van der Waals surface area contributed by atoms with Gasteiger partial charge < -0.3 is 9.88 Å². The molecule has 0 aliphatic carbocycles. The largest absolute Gasteiger partial charge is 0.325 e. The first kappa shape index (κ1) is 23.2. The van der Waals surface area contributed by atoms with E-state index in [1.807, 2.05) is 0 Å². The van der Waals surface area contributed by atoms with Crippen molar-refractivity contribution >= 4 is 27.3 Å². The molecule has 4 rings (SSSR count). The Morgan fingerprint density at radius 2 is 1.73 bits per heavy atom. The number of aromatic nitrogens is 3. The molecule has 1 N–H and O–H groups in total. The second-order valence-electron chi connectivity index (χ2n) is 9.11. The summed E-state index contributed by atoms with van der Waals surface area (Å²) >= 11 is 0. The van der Waals surface area contributed by atoms with Gasteiger partial charge in [-0.2, -0.15) is 13.9 Å². The number of rotatable bonds is 5. The van der Waals surface area contributed by atoms with Crippen molar-refractivity contribution in [2.45, 2.75) is 45.6 Å². The summed E-state index contributed by atoms with van der Waals surface area (Å²) in [5.74, 6) is 0.353. The summed E-state index contributed by atoms with van der Waals surface area (Å²) in [7, 11) is -3.58. The van der Waals surface area contributed by atoms with E-state index >= 15 is 0 Å². The van der Waals surface area contributed by atoms with E-state index in [1.165, 1.54) is 22.7 Å². The van der Waals surface area contributed by atoms with Crippen molar-refractivity contribution < 1.29 is 13.2 Å². The van der Waals surface area contributed by atoms with Crippen LogP contribution in [-0.2, 0) is 21.4 Å². The number of nitrogens with zero attached hydrogens (tertiary/aromatic N) is 4. The van der Waals surface area contributed by atoms with Crippen LogP contribution in [0.15, 0.2) is 46.1 Å². The molecule has 1 saturated heterocycles. The van der Waals surface area contributed by atoms with Crippen molar-refractivity contribution in [1.29, 1.82) is 0 Å². The van der Waals surface area contributed by atoms with Crippen molar-refractivity contribution in [3.8, 4) is 0 Å². The fraction of sp³-hybridized carbons (Fsp3) is 0.435. The Morgan fingerprint density at radius 1 is 1.09 bits per heavy atom. The van der Waals surface area contributed by atoms with Crippen molar-refractivity contribution in [3.05, 3.63) is 58.1 Å². The van der Waals surface area contributed by atoms with E-state index in [-0.39, 0.29) is 22.9 Å². The maximum absolute atomic E-state index is 13.0. The van der Waals surface area contributed by atoms with Crippen LogP contribution in [-0.4, -0.2) is 45.9 Å². The number of hydrogen-bond donors (Lipinski definition) is 1. The van der Waals surface area contributed by atoms with Crippen molar-refractivity contribution in [3.63, 3.8) is 0 Å². The maximum atomic E-state index is 13.0. The standard InChI is InChI=1S/C23H29N5O4S/c1-15-9-16(2)13-26(12-15)33(31,32)20-7-5-19(6-8-20)24-21(29)14-27-18(4)11-23(30)28-22(27)10-17(3)25-28/h5-8,10-11,15-16H,9,12-14H2,1-4H3,(H,24,29)/t15-,16+. The van der Waals surface area contributed by atoms with Crippen LogP contribution in [0.4, 0.5) is 5.69 Å². The smallest absolute Gasteiger partial charge is 0.274 e. The topological polar surface area (TPSA) is 106 Å². The van der Waals surface area contributed by atoms with Gasteiger partial charge in [0.1, 0.15) is 12.2 Å². The van der Waals surface area contributed by atoms with E-state index in [0.29, 0.717) is 47.6 Å². The number of carbonyl (C=O) groups excluding carboxylic acids is 1. The summed E-state index contributed by atoms with van der Waals surface area (Å²) < 4.78 is 30.6. The van der Waals surface area contributed by atoms with E-state index in [2.05, 4.69) is 24.3 Å². The number of piperidine rings is 1. The van der Waals surface area contributed by atoms with E-state index in [0.717, 1.165) is 6.42 Å². The van der Waals surface area contributed by atoms with Gasteiger partial charge in [-0.1, -0.05) is 13.8 Å². The van der Waals surface area contributed by atoms with Gasteiger partial charge in [0, 0.05) is 36.6 Å². The molecule has 0 bridgehead atoms. The lowest BCUT2D eigenvalue weighted by molar-refractivity contribution is -0.116. The first-order valence-corrected chi connectivity index (χ1v) is 12.5. The number of nitrogens with one attached hydrogen (secondary N) is 1. The Balaban J connectivity index is 1.49. The molecule has 0 radical (unpaired) electrons. The number of aryl methyl sites for hydroxylation is 2. The molecule has 1 aromatic carbocycles. The lowest BCUT2D eigenvalue weighted by atomic mass is 9.94. The summed E-state index contributed by atoms with van der Waals surface area (Å²) in [5.41, 5.74) is 2.12. The third-order valence-electron chi connectivity index (χ3n) is 5.97. The Bertz CT molecular complexity index is 1350. The molecule has 33 heavy (non-hydrogen) atoms. The third-order valence-corrected chi connectivity index (χ3v) is 7.81. The molecule has 3 heterocycles. The van der Waals surface area contributed by atoms with Gasteiger partial charge in [0.25, 0.3) is 5.56 Å². The summed E-state index contributed by atoms with van der Waals surface area (Å²) in [6.45, 7) is 8.72. The molecule has 0 spiro atoms. The fourth-order valence-electron chi connectivity index (χ4n) is 4.55. The highest BCUT2D eigenvalue weighted by Gasteiger charge is 2.31. The van der Waals surface area contributed by atoms with Crippen molar-refractivity contribution in [1.82, 2.24) is 18.5 Å². The molecular weight excluding hydrogens is 442 g/mol. The van der Waals surface area contributed by atoms with Crippen LogP contribution in [0.2, 0.25) is 0 Å². The van der Waals surface area contributed by atoms with Crippen LogP contribution in [0.1, 0.15) is 31.7 Å². The van der Waals surface area contributed by atoms with Gasteiger partial charge in [-0.05, 0) is 56.4 Å². The highest BCUT2D eigenvalue weighted by Crippen LogP contribution is 2.27. The summed E-state index contributed by atoms with van der Waals surface area (Å²) in [6.07, 6.45) is 1.02. The number of fused-ring (bicyclic) bond motifs is 1. The maximum Gasteiger partial charge on any atom is 0.274 e. The molecular formula is C23H29N5O4S. The molecule has 1 aliphatic rings. The normalized spacial score (nSPS) is 19.6. The van der Waals surface area contributed by atoms with Gasteiger partial charge in [-0.3, -0.25) is 9.59 Å². The molecule has 1 amide bonds. The number of amides is 1. The minimum Gasteiger partial charge on any atom is -0.325 e. The van der Waals surface area contributed by atoms with E-state index in [1.54, 1.807) is 40.9 Å². The van der Waals surface area contributed by atoms with Crippen molar-refractivity contribution in [2.75, 3.05) is 18.4 Å². The van der Waals surface area contributed by atoms with Gasteiger partial charge in [0.05, 0.1) is 10.6 Å². The van der Waals surface area contributed by atoms with E-state index < -0.39 is 10.0 Å². The molecule has 1 aliphatic heterocycles. The van der Waals surface area contributed by atoms with Crippen molar-refractivity contribution in [2.24, 2.45) is 11.8 Å². The Hall–Kier alpha value is -2.98. The first-order chi connectivity index (χ1) is 15.5. The minimum atomic E-state index is -3.58. The third kappa shape index (κ3) is 4.72. The predicted molar refractivity (Wildman–Crippen MR) is 126 cm³/mol. The van der Waals surface area contributed by atoms with Crippen LogP contribution < -0.4 is 10.9 Å².